The Hall–Kier alpha value is -2.52. The number of aliphatic hydroxyl groups excluding tert-OH is 1. The summed E-state index contributed by atoms with van der Waals surface area (Å²) in [6, 6.07) is 8.77. The summed E-state index contributed by atoms with van der Waals surface area (Å²) in [4.78, 5) is 10.0. The highest BCUT2D eigenvalue weighted by molar-refractivity contribution is 7.90. The van der Waals surface area contributed by atoms with E-state index >= 15 is 0 Å². The number of nitrogens with zero attached hydrogens (tertiary/aromatic N) is 1. The fourth-order valence-electron chi connectivity index (χ4n) is 2.61. The third-order valence-corrected chi connectivity index (χ3v) is 5.10. The first-order valence-corrected chi connectivity index (χ1v) is 9.71. The van der Waals surface area contributed by atoms with Crippen LogP contribution in [0.15, 0.2) is 47.4 Å². The first kappa shape index (κ1) is 19.8. The molecule has 0 spiro atoms. The van der Waals surface area contributed by atoms with E-state index in [1.165, 1.54) is 24.3 Å². The molecule has 0 aliphatic carbocycles. The number of benzene rings is 2. The maximum Gasteiger partial charge on any atom is 0.290 e. The number of hydrogen-bond donors (Lipinski definition) is 2. The highest BCUT2D eigenvalue weighted by Gasteiger charge is 2.25. The van der Waals surface area contributed by atoms with Crippen molar-refractivity contribution in [2.24, 2.45) is 0 Å². The maximum atomic E-state index is 13.9. The molecular weight excluding hydrogens is 363 g/mol. The average Bonchev–Trinajstić information content (AvgIpc) is 2.58. The standard InChI is InChI=1S/C17H19FN2O5S/c1-3-14(17(21)12-6-4-5-7-13(12)18)19-11-8-9-16(26(2,24)25)15(10-11)20(22)23/h4-10,14,17,19,21H,3H2,1-2H3/t14-,17+/m1/s1. The second-order valence-corrected chi connectivity index (χ2v) is 7.82. The van der Waals surface area contributed by atoms with Gasteiger partial charge in [0.25, 0.3) is 5.69 Å². The molecular formula is C17H19FN2O5S. The van der Waals surface area contributed by atoms with Gasteiger partial charge in [-0.1, -0.05) is 25.1 Å². The second kappa shape index (κ2) is 7.79. The maximum absolute atomic E-state index is 13.9. The molecule has 2 aromatic rings. The van der Waals surface area contributed by atoms with Gasteiger partial charge >= 0.3 is 0 Å². The highest BCUT2D eigenvalue weighted by Crippen LogP contribution is 2.30. The van der Waals surface area contributed by atoms with Crippen LogP contribution >= 0.6 is 0 Å². The molecule has 2 rings (SSSR count). The monoisotopic (exact) mass is 382 g/mol. The third-order valence-electron chi connectivity index (χ3n) is 3.95. The minimum Gasteiger partial charge on any atom is -0.386 e. The molecule has 7 nitrogen and oxygen atoms in total. The number of halogens is 1. The number of anilines is 1. The van der Waals surface area contributed by atoms with Gasteiger partial charge in [0.15, 0.2) is 9.84 Å². The van der Waals surface area contributed by atoms with E-state index in [0.717, 1.165) is 18.4 Å². The zero-order chi connectivity index (χ0) is 19.5. The van der Waals surface area contributed by atoms with Gasteiger partial charge in [0, 0.05) is 23.6 Å². The van der Waals surface area contributed by atoms with Crippen molar-refractivity contribution < 1.29 is 22.8 Å². The molecule has 2 atom stereocenters. The molecule has 0 aromatic heterocycles. The lowest BCUT2D eigenvalue weighted by atomic mass is 9.99. The quantitative estimate of drug-likeness (QED) is 0.563. The summed E-state index contributed by atoms with van der Waals surface area (Å²) in [7, 11) is -3.76. The van der Waals surface area contributed by atoms with E-state index in [-0.39, 0.29) is 11.3 Å². The normalized spacial score (nSPS) is 13.8. The molecule has 0 amide bonds. The second-order valence-electron chi connectivity index (χ2n) is 5.84. The predicted molar refractivity (Wildman–Crippen MR) is 95.3 cm³/mol. The highest BCUT2D eigenvalue weighted by atomic mass is 32.2. The Morgan fingerprint density at radius 2 is 1.92 bits per heavy atom. The number of aliphatic hydroxyl groups is 1. The SMILES string of the molecule is CC[C@@H](Nc1ccc(S(C)(=O)=O)c([N+](=O)[O-])c1)[C@@H](O)c1ccccc1F. The molecule has 0 saturated carbocycles. The summed E-state index contributed by atoms with van der Waals surface area (Å²) >= 11 is 0. The van der Waals surface area contributed by atoms with Crippen LogP contribution in [-0.2, 0) is 9.84 Å². The van der Waals surface area contributed by atoms with Crippen LogP contribution in [0.2, 0.25) is 0 Å². The molecule has 0 fully saturated rings. The molecule has 2 aromatic carbocycles. The fraction of sp³-hybridized carbons (Fsp3) is 0.294. The Labute approximate surface area is 150 Å². The minimum atomic E-state index is -3.76. The van der Waals surface area contributed by atoms with Crippen molar-refractivity contribution in [1.82, 2.24) is 0 Å². The van der Waals surface area contributed by atoms with Crippen LogP contribution in [-0.4, -0.2) is 30.7 Å². The van der Waals surface area contributed by atoms with Crippen LogP contribution in [0.1, 0.15) is 25.0 Å². The van der Waals surface area contributed by atoms with E-state index in [4.69, 9.17) is 0 Å². The van der Waals surface area contributed by atoms with Crippen molar-refractivity contribution in [3.8, 4) is 0 Å². The Morgan fingerprint density at radius 1 is 1.27 bits per heavy atom. The Bertz CT molecular complexity index is 917. The average molecular weight is 382 g/mol. The van der Waals surface area contributed by atoms with E-state index < -0.39 is 43.3 Å². The van der Waals surface area contributed by atoms with Crippen molar-refractivity contribution in [3.63, 3.8) is 0 Å². The molecule has 26 heavy (non-hydrogen) atoms. The third kappa shape index (κ3) is 4.36. The van der Waals surface area contributed by atoms with Crippen molar-refractivity contribution in [3.05, 3.63) is 64.0 Å². The summed E-state index contributed by atoms with van der Waals surface area (Å²) in [6.07, 6.45) is 0.103. The minimum absolute atomic E-state index is 0.106. The first-order chi connectivity index (χ1) is 12.1. The van der Waals surface area contributed by atoms with Crippen LogP contribution in [0, 0.1) is 15.9 Å². The molecule has 0 aliphatic heterocycles. The van der Waals surface area contributed by atoms with Gasteiger partial charge in [0.1, 0.15) is 16.8 Å². The zero-order valence-electron chi connectivity index (χ0n) is 14.2. The molecule has 0 saturated heterocycles. The summed E-state index contributed by atoms with van der Waals surface area (Å²) in [5, 5.41) is 24.6. The fourth-order valence-corrected chi connectivity index (χ4v) is 3.44. The van der Waals surface area contributed by atoms with Crippen LogP contribution in [0.4, 0.5) is 15.8 Å². The summed E-state index contributed by atoms with van der Waals surface area (Å²) in [5.74, 6) is -0.557. The molecule has 9 heteroatoms. The van der Waals surface area contributed by atoms with Gasteiger partial charge in [0.05, 0.1) is 11.0 Å². The first-order valence-electron chi connectivity index (χ1n) is 7.82. The van der Waals surface area contributed by atoms with Crippen LogP contribution in [0.5, 0.6) is 0 Å². The molecule has 0 aliphatic rings. The summed E-state index contributed by atoms with van der Waals surface area (Å²) in [5.41, 5.74) is -0.201. The lowest BCUT2D eigenvalue weighted by Crippen LogP contribution is -2.27. The zero-order valence-corrected chi connectivity index (χ0v) is 15.0. The largest absolute Gasteiger partial charge is 0.386 e. The number of nitro benzene ring substituents is 1. The topological polar surface area (TPSA) is 110 Å². The van der Waals surface area contributed by atoms with Gasteiger partial charge < -0.3 is 10.4 Å². The molecule has 0 heterocycles. The molecule has 140 valence electrons. The summed E-state index contributed by atoms with van der Waals surface area (Å²) < 4.78 is 37.2. The molecule has 0 radical (unpaired) electrons. The van der Waals surface area contributed by atoms with Crippen molar-refractivity contribution >= 4 is 21.2 Å². The van der Waals surface area contributed by atoms with E-state index in [9.17, 15) is 28.0 Å². The van der Waals surface area contributed by atoms with Crippen LogP contribution < -0.4 is 5.32 Å². The molecule has 0 unspecified atom stereocenters. The van der Waals surface area contributed by atoms with Crippen molar-refractivity contribution in [2.45, 2.75) is 30.4 Å². The molecule has 2 N–H and O–H groups in total. The van der Waals surface area contributed by atoms with Gasteiger partial charge in [-0.15, -0.1) is 0 Å². The van der Waals surface area contributed by atoms with Crippen molar-refractivity contribution in [1.29, 1.82) is 0 Å². The number of hydrogen-bond acceptors (Lipinski definition) is 6. The number of nitrogens with one attached hydrogen (secondary N) is 1. The van der Waals surface area contributed by atoms with Gasteiger partial charge in [-0.2, -0.15) is 0 Å². The smallest absolute Gasteiger partial charge is 0.290 e. The Morgan fingerprint density at radius 3 is 2.46 bits per heavy atom. The van der Waals surface area contributed by atoms with E-state index in [1.54, 1.807) is 13.0 Å². The van der Waals surface area contributed by atoms with Gasteiger partial charge in [0.2, 0.25) is 0 Å². The Kier molecular flexibility index (Phi) is 5.94. The number of nitro groups is 1. The van der Waals surface area contributed by atoms with Crippen molar-refractivity contribution in [2.75, 3.05) is 11.6 Å². The van der Waals surface area contributed by atoms with E-state index in [2.05, 4.69) is 5.32 Å². The van der Waals surface area contributed by atoms with Gasteiger partial charge in [-0.05, 0) is 24.6 Å². The van der Waals surface area contributed by atoms with Crippen LogP contribution in [0.3, 0.4) is 0 Å². The van der Waals surface area contributed by atoms with E-state index in [1.807, 2.05) is 0 Å². The predicted octanol–water partition coefficient (Wildman–Crippen LogP) is 3.06. The van der Waals surface area contributed by atoms with E-state index in [0.29, 0.717) is 6.42 Å². The lowest BCUT2D eigenvalue weighted by molar-refractivity contribution is -0.387. The summed E-state index contributed by atoms with van der Waals surface area (Å²) in [6.45, 7) is 1.76. The van der Waals surface area contributed by atoms with Gasteiger partial charge in [-0.25, -0.2) is 12.8 Å². The van der Waals surface area contributed by atoms with Crippen LogP contribution in [0.25, 0.3) is 0 Å². The number of sulfone groups is 1. The molecule has 0 bridgehead atoms. The lowest BCUT2D eigenvalue weighted by Gasteiger charge is -2.24. The number of rotatable bonds is 7. The Balaban J connectivity index is 2.35. The van der Waals surface area contributed by atoms with Gasteiger partial charge in [-0.3, -0.25) is 10.1 Å².